The molecule has 0 atom stereocenters. The zero-order chi connectivity index (χ0) is 17.6. The Morgan fingerprint density at radius 1 is 1.04 bits per heavy atom. The molecular formula is C20H17N3OS. The molecule has 4 aromatic rings. The standard InChI is InChI=1S/C20H17N3OS/c1-12-6-8-17-14(10-12)4-3-5-18(17)23-19(21-22-20(23)25)16-9-7-15(24)11-13(16)2/h3-11,24H,1-2H3,(H,22,25). The van der Waals surface area contributed by atoms with Gasteiger partial charge in [0.2, 0.25) is 0 Å². The molecule has 0 bridgehead atoms. The first-order valence-electron chi connectivity index (χ1n) is 8.02. The van der Waals surface area contributed by atoms with Crippen LogP contribution in [0.3, 0.4) is 0 Å². The maximum absolute atomic E-state index is 9.69. The minimum absolute atomic E-state index is 0.238. The van der Waals surface area contributed by atoms with Crippen molar-refractivity contribution in [3.63, 3.8) is 0 Å². The number of aromatic nitrogens is 3. The Balaban J connectivity index is 2.02. The van der Waals surface area contributed by atoms with Gasteiger partial charge in [-0.2, -0.15) is 5.10 Å². The minimum Gasteiger partial charge on any atom is -0.508 e. The molecule has 0 fully saturated rings. The van der Waals surface area contributed by atoms with Gasteiger partial charge in [0.05, 0.1) is 5.69 Å². The summed E-state index contributed by atoms with van der Waals surface area (Å²) in [7, 11) is 0. The van der Waals surface area contributed by atoms with Crippen molar-refractivity contribution in [2.45, 2.75) is 13.8 Å². The van der Waals surface area contributed by atoms with Crippen molar-refractivity contribution in [3.05, 3.63) is 70.5 Å². The van der Waals surface area contributed by atoms with Crippen molar-refractivity contribution < 1.29 is 5.11 Å². The van der Waals surface area contributed by atoms with Crippen molar-refractivity contribution >= 4 is 23.0 Å². The molecule has 1 heterocycles. The molecule has 2 N–H and O–H groups in total. The van der Waals surface area contributed by atoms with Gasteiger partial charge in [-0.3, -0.25) is 9.67 Å². The van der Waals surface area contributed by atoms with E-state index in [1.54, 1.807) is 12.1 Å². The van der Waals surface area contributed by atoms with Crippen molar-refractivity contribution in [1.82, 2.24) is 14.8 Å². The molecule has 4 rings (SSSR count). The molecule has 0 aliphatic heterocycles. The van der Waals surface area contributed by atoms with E-state index in [0.29, 0.717) is 4.77 Å². The number of nitrogens with zero attached hydrogens (tertiary/aromatic N) is 2. The van der Waals surface area contributed by atoms with Crippen molar-refractivity contribution in [1.29, 1.82) is 0 Å². The molecule has 0 saturated carbocycles. The van der Waals surface area contributed by atoms with E-state index in [1.165, 1.54) is 5.56 Å². The Morgan fingerprint density at radius 3 is 2.68 bits per heavy atom. The Hall–Kier alpha value is -2.92. The molecular weight excluding hydrogens is 330 g/mol. The number of aromatic hydroxyl groups is 1. The van der Waals surface area contributed by atoms with Gasteiger partial charge in [0, 0.05) is 10.9 Å². The van der Waals surface area contributed by atoms with E-state index in [0.717, 1.165) is 33.4 Å². The van der Waals surface area contributed by atoms with Gasteiger partial charge >= 0.3 is 0 Å². The maximum Gasteiger partial charge on any atom is 0.200 e. The molecule has 0 radical (unpaired) electrons. The van der Waals surface area contributed by atoms with Gasteiger partial charge in [0.1, 0.15) is 5.75 Å². The van der Waals surface area contributed by atoms with Gasteiger partial charge in [-0.05, 0) is 61.3 Å². The summed E-state index contributed by atoms with van der Waals surface area (Å²) in [6.45, 7) is 4.03. The van der Waals surface area contributed by atoms with Gasteiger partial charge in [-0.15, -0.1) is 0 Å². The van der Waals surface area contributed by atoms with Gasteiger partial charge in [0.25, 0.3) is 0 Å². The smallest absolute Gasteiger partial charge is 0.200 e. The molecule has 0 aliphatic carbocycles. The number of hydrogen-bond donors (Lipinski definition) is 2. The van der Waals surface area contributed by atoms with Crippen LogP contribution in [-0.4, -0.2) is 19.9 Å². The lowest BCUT2D eigenvalue weighted by Gasteiger charge is -2.12. The number of phenolic OH excluding ortho intramolecular Hbond substituents is 1. The Labute approximate surface area is 150 Å². The third-order valence-corrected chi connectivity index (χ3v) is 4.65. The van der Waals surface area contributed by atoms with Crippen LogP contribution < -0.4 is 0 Å². The fourth-order valence-corrected chi connectivity index (χ4v) is 3.41. The predicted molar refractivity (Wildman–Crippen MR) is 103 cm³/mol. The zero-order valence-electron chi connectivity index (χ0n) is 13.9. The van der Waals surface area contributed by atoms with E-state index in [4.69, 9.17) is 12.2 Å². The van der Waals surface area contributed by atoms with Crippen LogP contribution in [0.5, 0.6) is 5.75 Å². The van der Waals surface area contributed by atoms with Gasteiger partial charge in [-0.25, -0.2) is 0 Å². The maximum atomic E-state index is 9.69. The topological polar surface area (TPSA) is 53.8 Å². The number of nitrogens with one attached hydrogen (secondary N) is 1. The highest BCUT2D eigenvalue weighted by atomic mass is 32.1. The highest BCUT2D eigenvalue weighted by Gasteiger charge is 2.15. The second kappa shape index (κ2) is 5.86. The van der Waals surface area contributed by atoms with Gasteiger partial charge in [0.15, 0.2) is 10.6 Å². The van der Waals surface area contributed by atoms with E-state index >= 15 is 0 Å². The quantitative estimate of drug-likeness (QED) is 0.498. The van der Waals surface area contributed by atoms with Crippen LogP contribution in [0.1, 0.15) is 11.1 Å². The highest BCUT2D eigenvalue weighted by molar-refractivity contribution is 7.71. The monoisotopic (exact) mass is 347 g/mol. The number of benzene rings is 3. The number of aryl methyl sites for hydroxylation is 2. The van der Waals surface area contributed by atoms with Crippen molar-refractivity contribution in [2.24, 2.45) is 0 Å². The summed E-state index contributed by atoms with van der Waals surface area (Å²) >= 11 is 5.51. The van der Waals surface area contributed by atoms with Gasteiger partial charge in [-0.1, -0.05) is 35.9 Å². The van der Waals surface area contributed by atoms with E-state index in [9.17, 15) is 5.11 Å². The van der Waals surface area contributed by atoms with E-state index in [-0.39, 0.29) is 5.75 Å². The summed E-state index contributed by atoms with van der Waals surface area (Å²) in [5.41, 5.74) is 4.06. The second-order valence-electron chi connectivity index (χ2n) is 6.19. The second-order valence-corrected chi connectivity index (χ2v) is 6.58. The van der Waals surface area contributed by atoms with Crippen LogP contribution in [0.4, 0.5) is 0 Å². The van der Waals surface area contributed by atoms with E-state index in [2.05, 4.69) is 41.4 Å². The summed E-state index contributed by atoms with van der Waals surface area (Å²) < 4.78 is 2.49. The molecule has 0 spiro atoms. The van der Waals surface area contributed by atoms with E-state index < -0.39 is 0 Å². The van der Waals surface area contributed by atoms with Crippen LogP contribution in [0.15, 0.2) is 54.6 Å². The first-order chi connectivity index (χ1) is 12.0. The number of aromatic amines is 1. The zero-order valence-corrected chi connectivity index (χ0v) is 14.8. The summed E-state index contributed by atoms with van der Waals surface area (Å²) in [5.74, 6) is 0.971. The number of fused-ring (bicyclic) bond motifs is 1. The van der Waals surface area contributed by atoms with Crippen LogP contribution in [0, 0.1) is 18.6 Å². The molecule has 4 nitrogen and oxygen atoms in total. The summed E-state index contributed by atoms with van der Waals surface area (Å²) in [6.07, 6.45) is 0. The molecule has 0 unspecified atom stereocenters. The average molecular weight is 347 g/mol. The third kappa shape index (κ3) is 2.62. The van der Waals surface area contributed by atoms with Crippen LogP contribution in [0.2, 0.25) is 0 Å². The lowest BCUT2D eigenvalue weighted by Crippen LogP contribution is -2.00. The Bertz CT molecular complexity index is 1160. The summed E-state index contributed by atoms with van der Waals surface area (Å²) in [4.78, 5) is 0. The molecule has 0 amide bonds. The Morgan fingerprint density at radius 2 is 1.88 bits per heavy atom. The summed E-state index contributed by atoms with van der Waals surface area (Å²) in [6, 6.07) is 17.8. The predicted octanol–water partition coefficient (Wildman–Crippen LogP) is 5.07. The van der Waals surface area contributed by atoms with E-state index in [1.807, 2.05) is 29.7 Å². The van der Waals surface area contributed by atoms with Crippen molar-refractivity contribution in [2.75, 3.05) is 0 Å². The first-order valence-corrected chi connectivity index (χ1v) is 8.42. The average Bonchev–Trinajstić information content (AvgIpc) is 2.95. The number of rotatable bonds is 2. The molecule has 0 saturated heterocycles. The molecule has 0 aliphatic rings. The number of H-pyrrole nitrogens is 1. The van der Waals surface area contributed by atoms with Crippen LogP contribution in [-0.2, 0) is 0 Å². The van der Waals surface area contributed by atoms with Gasteiger partial charge < -0.3 is 5.11 Å². The highest BCUT2D eigenvalue weighted by Crippen LogP contribution is 2.30. The lowest BCUT2D eigenvalue weighted by molar-refractivity contribution is 0.475. The van der Waals surface area contributed by atoms with Crippen molar-refractivity contribution in [3.8, 4) is 22.8 Å². The molecule has 124 valence electrons. The molecule has 3 aromatic carbocycles. The molecule has 25 heavy (non-hydrogen) atoms. The number of phenols is 1. The molecule has 5 heteroatoms. The Kier molecular flexibility index (Phi) is 3.66. The third-order valence-electron chi connectivity index (χ3n) is 4.38. The largest absolute Gasteiger partial charge is 0.508 e. The fourth-order valence-electron chi connectivity index (χ4n) is 3.18. The minimum atomic E-state index is 0.238. The van der Waals surface area contributed by atoms with Crippen LogP contribution >= 0.6 is 12.2 Å². The van der Waals surface area contributed by atoms with Crippen LogP contribution in [0.25, 0.3) is 27.8 Å². The SMILES string of the molecule is Cc1ccc2c(-n3c(-c4ccc(O)cc4C)n[nH]c3=S)cccc2c1. The lowest BCUT2D eigenvalue weighted by atomic mass is 10.0. The summed E-state index contributed by atoms with van der Waals surface area (Å²) in [5, 5.41) is 19.3. The molecule has 1 aromatic heterocycles. The normalized spacial score (nSPS) is 11.1. The number of hydrogen-bond acceptors (Lipinski definition) is 3. The first kappa shape index (κ1) is 15.6. The fraction of sp³-hybridized carbons (Fsp3) is 0.100.